The van der Waals surface area contributed by atoms with Crippen LogP contribution in [0.3, 0.4) is 0 Å². The molecule has 2 heterocycles. The Balaban J connectivity index is 2.50. The second kappa shape index (κ2) is 4.94. The van der Waals surface area contributed by atoms with Crippen LogP contribution in [0.4, 0.5) is 0 Å². The molecule has 0 saturated heterocycles. The maximum absolute atomic E-state index is 6.02. The molecular weight excluding hydrogens is 259 g/mol. The van der Waals surface area contributed by atoms with Crippen molar-refractivity contribution in [2.45, 2.75) is 20.3 Å². The van der Waals surface area contributed by atoms with Gasteiger partial charge in [-0.2, -0.15) is 0 Å². The van der Waals surface area contributed by atoms with E-state index in [1.807, 2.05) is 13.8 Å². The zero-order valence-corrected chi connectivity index (χ0v) is 10.9. The number of halogens is 2. The molecular formula is C11H10Cl2N4. The highest BCUT2D eigenvalue weighted by Gasteiger charge is 2.12. The highest BCUT2D eigenvalue weighted by atomic mass is 35.5. The van der Waals surface area contributed by atoms with Crippen molar-refractivity contribution in [3.8, 4) is 11.6 Å². The standard InChI is InChI=1S/C11H10Cl2N4/c1-3-7-8(12)16-11(17-9(7)13)10-14-4-6(2)5-15-10/h4-5H,3H2,1-2H3. The Hall–Kier alpha value is -1.26. The number of rotatable bonds is 2. The summed E-state index contributed by atoms with van der Waals surface area (Å²) in [6.07, 6.45) is 4.08. The minimum absolute atomic E-state index is 0.345. The van der Waals surface area contributed by atoms with Crippen molar-refractivity contribution in [2.75, 3.05) is 0 Å². The molecule has 4 nitrogen and oxygen atoms in total. The third-order valence-electron chi connectivity index (χ3n) is 2.24. The second-order valence-corrected chi connectivity index (χ2v) is 4.26. The van der Waals surface area contributed by atoms with Gasteiger partial charge in [-0.05, 0) is 18.9 Å². The van der Waals surface area contributed by atoms with Crippen LogP contribution in [-0.4, -0.2) is 19.9 Å². The largest absolute Gasteiger partial charge is 0.234 e. The molecule has 0 aliphatic carbocycles. The fourth-order valence-electron chi connectivity index (χ4n) is 1.33. The molecule has 88 valence electrons. The molecule has 0 saturated carbocycles. The van der Waals surface area contributed by atoms with Crippen LogP contribution < -0.4 is 0 Å². The summed E-state index contributed by atoms with van der Waals surface area (Å²) in [5.74, 6) is 0.763. The van der Waals surface area contributed by atoms with Crippen molar-refractivity contribution in [2.24, 2.45) is 0 Å². The van der Waals surface area contributed by atoms with Gasteiger partial charge in [-0.25, -0.2) is 19.9 Å². The highest BCUT2D eigenvalue weighted by Crippen LogP contribution is 2.24. The van der Waals surface area contributed by atoms with Crippen molar-refractivity contribution < 1.29 is 0 Å². The van der Waals surface area contributed by atoms with Gasteiger partial charge in [0.2, 0.25) is 5.82 Å². The Labute approximate surface area is 109 Å². The molecule has 0 unspecified atom stereocenters. The minimum Gasteiger partial charge on any atom is -0.234 e. The van der Waals surface area contributed by atoms with Gasteiger partial charge in [0.25, 0.3) is 0 Å². The summed E-state index contributed by atoms with van der Waals surface area (Å²) in [7, 11) is 0. The third-order valence-corrected chi connectivity index (χ3v) is 2.87. The van der Waals surface area contributed by atoms with Gasteiger partial charge in [-0.15, -0.1) is 0 Å². The first-order valence-corrected chi connectivity index (χ1v) is 5.88. The van der Waals surface area contributed by atoms with E-state index in [1.54, 1.807) is 12.4 Å². The average Bonchev–Trinajstić information content (AvgIpc) is 2.29. The van der Waals surface area contributed by atoms with Crippen LogP contribution in [0.15, 0.2) is 12.4 Å². The van der Waals surface area contributed by atoms with Gasteiger partial charge in [-0.1, -0.05) is 30.1 Å². The maximum atomic E-state index is 6.02. The molecule has 0 atom stereocenters. The topological polar surface area (TPSA) is 51.6 Å². The van der Waals surface area contributed by atoms with Crippen LogP contribution in [-0.2, 0) is 6.42 Å². The first kappa shape index (κ1) is 12.2. The van der Waals surface area contributed by atoms with E-state index < -0.39 is 0 Å². The Morgan fingerprint density at radius 3 is 2.00 bits per heavy atom. The van der Waals surface area contributed by atoms with Crippen LogP contribution in [0.1, 0.15) is 18.1 Å². The first-order valence-electron chi connectivity index (χ1n) is 5.12. The predicted molar refractivity (Wildman–Crippen MR) is 67.2 cm³/mol. The summed E-state index contributed by atoms with van der Waals surface area (Å²) in [6, 6.07) is 0. The van der Waals surface area contributed by atoms with Crippen LogP contribution in [0.25, 0.3) is 11.6 Å². The van der Waals surface area contributed by atoms with Gasteiger partial charge in [0.15, 0.2) is 5.82 Å². The van der Waals surface area contributed by atoms with Gasteiger partial charge in [-0.3, -0.25) is 0 Å². The SMILES string of the molecule is CCc1c(Cl)nc(-c2ncc(C)cn2)nc1Cl. The Morgan fingerprint density at radius 2 is 1.53 bits per heavy atom. The summed E-state index contributed by atoms with van der Waals surface area (Å²) in [6.45, 7) is 3.85. The van der Waals surface area contributed by atoms with Gasteiger partial charge < -0.3 is 0 Å². The highest BCUT2D eigenvalue weighted by molar-refractivity contribution is 6.34. The normalized spacial score (nSPS) is 10.6. The van der Waals surface area contributed by atoms with Gasteiger partial charge >= 0.3 is 0 Å². The zero-order valence-electron chi connectivity index (χ0n) is 9.41. The predicted octanol–water partition coefficient (Wildman–Crippen LogP) is 3.11. The van der Waals surface area contributed by atoms with Crippen LogP contribution in [0.2, 0.25) is 10.3 Å². The van der Waals surface area contributed by atoms with E-state index in [2.05, 4.69) is 19.9 Å². The lowest BCUT2D eigenvalue weighted by Gasteiger charge is -2.05. The van der Waals surface area contributed by atoms with E-state index in [9.17, 15) is 0 Å². The van der Waals surface area contributed by atoms with E-state index in [1.165, 1.54) is 0 Å². The average molecular weight is 269 g/mol. The number of hydrogen-bond donors (Lipinski definition) is 0. The van der Waals surface area contributed by atoms with Crippen LogP contribution in [0, 0.1) is 6.92 Å². The fraction of sp³-hybridized carbons (Fsp3) is 0.273. The van der Waals surface area contributed by atoms with Gasteiger partial charge in [0, 0.05) is 18.0 Å². The molecule has 0 aromatic carbocycles. The zero-order chi connectivity index (χ0) is 12.4. The van der Waals surface area contributed by atoms with Crippen molar-refractivity contribution >= 4 is 23.2 Å². The van der Waals surface area contributed by atoms with Gasteiger partial charge in [0.05, 0.1) is 0 Å². The monoisotopic (exact) mass is 268 g/mol. The summed E-state index contributed by atoms with van der Waals surface area (Å²) < 4.78 is 0. The Morgan fingerprint density at radius 1 is 1.00 bits per heavy atom. The van der Waals surface area contributed by atoms with E-state index >= 15 is 0 Å². The molecule has 0 bridgehead atoms. The molecule has 6 heteroatoms. The molecule has 0 spiro atoms. The summed E-state index contributed by atoms with van der Waals surface area (Å²) in [5, 5.41) is 0.707. The molecule has 0 fully saturated rings. The van der Waals surface area contributed by atoms with E-state index in [-0.39, 0.29) is 0 Å². The van der Waals surface area contributed by atoms with Crippen LogP contribution >= 0.6 is 23.2 Å². The van der Waals surface area contributed by atoms with E-state index in [4.69, 9.17) is 23.2 Å². The van der Waals surface area contributed by atoms with Crippen LogP contribution in [0.5, 0.6) is 0 Å². The quantitative estimate of drug-likeness (QED) is 0.786. The number of aryl methyl sites for hydroxylation is 1. The number of hydrogen-bond acceptors (Lipinski definition) is 4. The molecule has 0 radical (unpaired) electrons. The minimum atomic E-state index is 0.345. The molecule has 2 aromatic heterocycles. The smallest absolute Gasteiger partial charge is 0.200 e. The lowest BCUT2D eigenvalue weighted by molar-refractivity contribution is 1.02. The Bertz CT molecular complexity index is 517. The number of aromatic nitrogens is 4. The van der Waals surface area contributed by atoms with Gasteiger partial charge in [0.1, 0.15) is 10.3 Å². The molecule has 0 aliphatic rings. The lowest BCUT2D eigenvalue weighted by atomic mass is 10.3. The Kier molecular flexibility index (Phi) is 3.54. The van der Waals surface area contributed by atoms with E-state index in [0.29, 0.717) is 28.4 Å². The molecule has 0 N–H and O–H groups in total. The number of nitrogens with zero attached hydrogens (tertiary/aromatic N) is 4. The maximum Gasteiger partial charge on any atom is 0.200 e. The van der Waals surface area contributed by atoms with E-state index in [0.717, 1.165) is 11.1 Å². The van der Waals surface area contributed by atoms with Crippen molar-refractivity contribution in [1.82, 2.24) is 19.9 Å². The molecule has 2 aromatic rings. The molecule has 2 rings (SSSR count). The second-order valence-electron chi connectivity index (χ2n) is 3.54. The summed E-state index contributed by atoms with van der Waals surface area (Å²) in [4.78, 5) is 16.6. The fourth-order valence-corrected chi connectivity index (χ4v) is 1.99. The van der Waals surface area contributed by atoms with Crippen molar-refractivity contribution in [1.29, 1.82) is 0 Å². The first-order chi connectivity index (χ1) is 8.11. The third kappa shape index (κ3) is 2.53. The summed E-state index contributed by atoms with van der Waals surface area (Å²) >= 11 is 12.0. The molecule has 0 aliphatic heterocycles. The lowest BCUT2D eigenvalue weighted by Crippen LogP contribution is -1.99. The summed E-state index contributed by atoms with van der Waals surface area (Å²) in [5.41, 5.74) is 1.71. The molecule has 0 amide bonds. The molecule has 17 heavy (non-hydrogen) atoms. The van der Waals surface area contributed by atoms with Crippen molar-refractivity contribution in [3.63, 3.8) is 0 Å². The van der Waals surface area contributed by atoms with Crippen molar-refractivity contribution in [3.05, 3.63) is 33.8 Å².